The van der Waals surface area contributed by atoms with Gasteiger partial charge in [0.2, 0.25) is 0 Å². The van der Waals surface area contributed by atoms with Gasteiger partial charge in [-0.2, -0.15) is 5.10 Å². The normalized spacial score (nSPS) is 11.1. The molecule has 0 aliphatic heterocycles. The first kappa shape index (κ1) is 13.9. The number of halogens is 2. The fourth-order valence-corrected chi connectivity index (χ4v) is 2.01. The number of hydrogen-bond acceptors (Lipinski definition) is 2. The highest BCUT2D eigenvalue weighted by Gasteiger charge is 2.08. The molecule has 0 radical (unpaired) electrons. The van der Waals surface area contributed by atoms with Crippen LogP contribution in [0.3, 0.4) is 0 Å². The number of aryl methyl sites for hydroxylation is 1. The summed E-state index contributed by atoms with van der Waals surface area (Å²) in [6.07, 6.45) is 1.97. The standard InChI is InChI=1S/C14H17ClFN3/c1-9(2)19-8-14(10(3)18-19)17-7-11-4-5-12(16)6-13(11)15/h4-6,8-9,17H,7H2,1-3H3. The summed E-state index contributed by atoms with van der Waals surface area (Å²) in [5.74, 6) is -0.322. The van der Waals surface area contributed by atoms with Gasteiger partial charge >= 0.3 is 0 Å². The molecular formula is C14H17ClFN3. The quantitative estimate of drug-likeness (QED) is 0.911. The molecule has 3 nitrogen and oxygen atoms in total. The minimum atomic E-state index is -0.322. The average molecular weight is 282 g/mol. The summed E-state index contributed by atoms with van der Waals surface area (Å²) in [5.41, 5.74) is 2.76. The van der Waals surface area contributed by atoms with Gasteiger partial charge in [0.05, 0.1) is 11.4 Å². The molecule has 0 atom stereocenters. The average Bonchev–Trinajstić information content (AvgIpc) is 2.70. The Morgan fingerprint density at radius 3 is 2.74 bits per heavy atom. The maximum absolute atomic E-state index is 12.9. The second kappa shape index (κ2) is 5.61. The van der Waals surface area contributed by atoms with Gasteiger partial charge in [-0.05, 0) is 38.5 Å². The van der Waals surface area contributed by atoms with Crippen LogP contribution < -0.4 is 5.32 Å². The van der Waals surface area contributed by atoms with E-state index in [0.29, 0.717) is 17.6 Å². The maximum atomic E-state index is 12.9. The van der Waals surface area contributed by atoms with Crippen molar-refractivity contribution in [1.82, 2.24) is 9.78 Å². The minimum absolute atomic E-state index is 0.322. The van der Waals surface area contributed by atoms with Gasteiger partial charge in [0.15, 0.2) is 0 Å². The summed E-state index contributed by atoms with van der Waals surface area (Å²) >= 11 is 5.99. The number of aromatic nitrogens is 2. The Morgan fingerprint density at radius 1 is 1.42 bits per heavy atom. The lowest BCUT2D eigenvalue weighted by molar-refractivity contribution is 0.529. The van der Waals surface area contributed by atoms with Crippen LogP contribution in [0.15, 0.2) is 24.4 Å². The molecule has 1 aromatic carbocycles. The molecule has 1 heterocycles. The monoisotopic (exact) mass is 281 g/mol. The minimum Gasteiger partial charge on any atom is -0.378 e. The van der Waals surface area contributed by atoms with Crippen molar-refractivity contribution in [2.75, 3.05) is 5.32 Å². The zero-order valence-corrected chi connectivity index (χ0v) is 12.0. The Morgan fingerprint density at radius 2 is 2.16 bits per heavy atom. The van der Waals surface area contributed by atoms with Crippen molar-refractivity contribution in [2.24, 2.45) is 0 Å². The van der Waals surface area contributed by atoms with Crippen molar-refractivity contribution in [3.05, 3.63) is 46.5 Å². The van der Waals surface area contributed by atoms with Crippen LogP contribution in [0.4, 0.5) is 10.1 Å². The number of rotatable bonds is 4. The summed E-state index contributed by atoms with van der Waals surface area (Å²) in [6.45, 7) is 6.65. The molecule has 19 heavy (non-hydrogen) atoms. The fraction of sp³-hybridized carbons (Fsp3) is 0.357. The van der Waals surface area contributed by atoms with Gasteiger partial charge < -0.3 is 5.32 Å². The summed E-state index contributed by atoms with van der Waals surface area (Å²) in [4.78, 5) is 0. The third kappa shape index (κ3) is 3.26. The molecule has 0 unspecified atom stereocenters. The van der Waals surface area contributed by atoms with E-state index in [4.69, 9.17) is 11.6 Å². The van der Waals surface area contributed by atoms with Crippen LogP contribution in [0.2, 0.25) is 5.02 Å². The van der Waals surface area contributed by atoms with Gasteiger partial charge in [0, 0.05) is 23.8 Å². The first-order valence-electron chi connectivity index (χ1n) is 6.21. The van der Waals surface area contributed by atoms with Crippen LogP contribution >= 0.6 is 11.6 Å². The van der Waals surface area contributed by atoms with E-state index in [1.54, 1.807) is 6.07 Å². The molecule has 0 aliphatic rings. The topological polar surface area (TPSA) is 29.9 Å². The lowest BCUT2D eigenvalue weighted by Crippen LogP contribution is -2.01. The van der Waals surface area contributed by atoms with Crippen LogP contribution in [0.5, 0.6) is 0 Å². The van der Waals surface area contributed by atoms with Gasteiger partial charge in [-0.1, -0.05) is 17.7 Å². The van der Waals surface area contributed by atoms with Crippen LogP contribution in [-0.4, -0.2) is 9.78 Å². The molecule has 2 rings (SSSR count). The second-order valence-electron chi connectivity index (χ2n) is 4.79. The first-order chi connectivity index (χ1) is 8.97. The Labute approximate surface area is 117 Å². The summed E-state index contributed by atoms with van der Waals surface area (Å²) < 4.78 is 14.9. The number of nitrogens with one attached hydrogen (secondary N) is 1. The Hall–Kier alpha value is -1.55. The van der Waals surface area contributed by atoms with Crippen molar-refractivity contribution in [3.63, 3.8) is 0 Å². The van der Waals surface area contributed by atoms with Crippen molar-refractivity contribution in [2.45, 2.75) is 33.4 Å². The molecule has 0 aliphatic carbocycles. The van der Waals surface area contributed by atoms with E-state index in [1.165, 1.54) is 12.1 Å². The Kier molecular flexibility index (Phi) is 4.10. The lowest BCUT2D eigenvalue weighted by atomic mass is 10.2. The summed E-state index contributed by atoms with van der Waals surface area (Å²) in [5, 5.41) is 8.13. The van der Waals surface area contributed by atoms with E-state index in [9.17, 15) is 4.39 Å². The van der Waals surface area contributed by atoms with Crippen molar-refractivity contribution < 1.29 is 4.39 Å². The summed E-state index contributed by atoms with van der Waals surface area (Å²) in [7, 11) is 0. The molecule has 5 heteroatoms. The molecule has 0 fully saturated rings. The van der Waals surface area contributed by atoms with Crippen molar-refractivity contribution in [3.8, 4) is 0 Å². The van der Waals surface area contributed by atoms with Crippen molar-refractivity contribution in [1.29, 1.82) is 0 Å². The largest absolute Gasteiger partial charge is 0.378 e. The number of nitrogens with zero attached hydrogens (tertiary/aromatic N) is 2. The molecule has 0 amide bonds. The zero-order chi connectivity index (χ0) is 14.0. The van der Waals surface area contributed by atoms with Crippen LogP contribution in [0, 0.1) is 12.7 Å². The number of hydrogen-bond donors (Lipinski definition) is 1. The van der Waals surface area contributed by atoms with E-state index in [0.717, 1.165) is 16.9 Å². The van der Waals surface area contributed by atoms with Gasteiger partial charge in [-0.3, -0.25) is 4.68 Å². The fourth-order valence-electron chi connectivity index (χ4n) is 1.78. The second-order valence-corrected chi connectivity index (χ2v) is 5.20. The molecule has 0 saturated heterocycles. The number of benzene rings is 1. The molecule has 2 aromatic rings. The molecule has 102 valence electrons. The van der Waals surface area contributed by atoms with Gasteiger partial charge in [0.25, 0.3) is 0 Å². The maximum Gasteiger partial charge on any atom is 0.124 e. The number of anilines is 1. The van der Waals surface area contributed by atoms with Gasteiger partial charge in [-0.25, -0.2) is 4.39 Å². The van der Waals surface area contributed by atoms with Gasteiger partial charge in [0.1, 0.15) is 5.82 Å². The Bertz CT molecular complexity index is 578. The SMILES string of the molecule is Cc1nn(C(C)C)cc1NCc1ccc(F)cc1Cl. The zero-order valence-electron chi connectivity index (χ0n) is 11.2. The predicted octanol–water partition coefficient (Wildman–Crippen LogP) is 4.18. The lowest BCUT2D eigenvalue weighted by Gasteiger charge is -2.07. The van der Waals surface area contributed by atoms with Crippen LogP contribution in [0.25, 0.3) is 0 Å². The van der Waals surface area contributed by atoms with E-state index in [2.05, 4.69) is 24.3 Å². The van der Waals surface area contributed by atoms with E-state index < -0.39 is 0 Å². The summed E-state index contributed by atoms with van der Waals surface area (Å²) in [6, 6.07) is 4.74. The van der Waals surface area contributed by atoms with E-state index in [1.807, 2.05) is 17.8 Å². The molecular weight excluding hydrogens is 265 g/mol. The highest BCUT2D eigenvalue weighted by Crippen LogP contribution is 2.21. The van der Waals surface area contributed by atoms with E-state index in [-0.39, 0.29) is 5.82 Å². The predicted molar refractivity (Wildman–Crippen MR) is 76.1 cm³/mol. The van der Waals surface area contributed by atoms with Crippen molar-refractivity contribution >= 4 is 17.3 Å². The smallest absolute Gasteiger partial charge is 0.124 e. The first-order valence-corrected chi connectivity index (χ1v) is 6.58. The van der Waals surface area contributed by atoms with Crippen LogP contribution in [0.1, 0.15) is 31.1 Å². The van der Waals surface area contributed by atoms with E-state index >= 15 is 0 Å². The molecule has 0 saturated carbocycles. The highest BCUT2D eigenvalue weighted by atomic mass is 35.5. The molecule has 1 N–H and O–H groups in total. The van der Waals surface area contributed by atoms with Gasteiger partial charge in [-0.15, -0.1) is 0 Å². The molecule has 0 spiro atoms. The highest BCUT2D eigenvalue weighted by molar-refractivity contribution is 6.31. The third-order valence-corrected chi connectivity index (χ3v) is 3.28. The molecule has 0 bridgehead atoms. The Balaban J connectivity index is 2.10. The molecule has 1 aromatic heterocycles. The van der Waals surface area contributed by atoms with Crippen LogP contribution in [-0.2, 0) is 6.54 Å². The third-order valence-electron chi connectivity index (χ3n) is 2.93.